The molecule has 0 amide bonds. The van der Waals surface area contributed by atoms with E-state index in [4.69, 9.17) is 5.73 Å². The minimum absolute atomic E-state index is 0.564. The van der Waals surface area contributed by atoms with Gasteiger partial charge in [0.15, 0.2) is 0 Å². The quantitative estimate of drug-likeness (QED) is 0.899. The second kappa shape index (κ2) is 3.66. The van der Waals surface area contributed by atoms with Crippen molar-refractivity contribution in [2.75, 3.05) is 5.73 Å². The smallest absolute Gasteiger partial charge is 0.136 e. The van der Waals surface area contributed by atoms with Crippen molar-refractivity contribution >= 4 is 33.3 Å². The summed E-state index contributed by atoms with van der Waals surface area (Å²) in [6.07, 6.45) is 0. The van der Waals surface area contributed by atoms with Gasteiger partial charge in [0.1, 0.15) is 5.82 Å². The van der Waals surface area contributed by atoms with Gasteiger partial charge in [-0.25, -0.2) is 4.68 Å². The summed E-state index contributed by atoms with van der Waals surface area (Å²) in [5.41, 5.74) is 7.58. The second-order valence-corrected chi connectivity index (χ2v) is 4.24. The van der Waals surface area contributed by atoms with Crippen LogP contribution >= 0.6 is 27.5 Å². The highest BCUT2D eigenvalue weighted by Gasteiger charge is 2.10. The van der Waals surface area contributed by atoms with Crippen molar-refractivity contribution in [3.63, 3.8) is 0 Å². The fourth-order valence-electron chi connectivity index (χ4n) is 1.10. The molecule has 7 heteroatoms. The number of nitrogens with zero attached hydrogens (tertiary/aromatic N) is 4. The van der Waals surface area contributed by atoms with Crippen LogP contribution in [0.15, 0.2) is 9.85 Å². The van der Waals surface area contributed by atoms with Gasteiger partial charge in [-0.1, -0.05) is 4.49 Å². The van der Waals surface area contributed by atoms with E-state index in [1.54, 1.807) is 4.68 Å². The number of nitrogen functional groups attached to an aromatic ring is 1. The molecule has 0 bridgehead atoms. The van der Waals surface area contributed by atoms with Gasteiger partial charge in [-0.05, 0) is 34.4 Å². The zero-order valence-corrected chi connectivity index (χ0v) is 9.84. The molecule has 0 saturated heterocycles. The first-order chi connectivity index (χ1) is 6.68. The molecule has 0 fully saturated rings. The molecule has 14 heavy (non-hydrogen) atoms. The van der Waals surface area contributed by atoms with Gasteiger partial charge in [0.25, 0.3) is 0 Å². The first-order valence-electron chi connectivity index (χ1n) is 3.93. The first-order valence-corrected chi connectivity index (χ1v) is 5.55. The predicted molar refractivity (Wildman–Crippen MR) is 58.1 cm³/mol. The van der Waals surface area contributed by atoms with Crippen molar-refractivity contribution in [3.05, 3.63) is 21.2 Å². The zero-order chi connectivity index (χ0) is 10.1. The lowest BCUT2D eigenvalue weighted by atomic mass is 10.4. The number of anilines is 1. The van der Waals surface area contributed by atoms with E-state index in [0.717, 1.165) is 15.9 Å². The van der Waals surface area contributed by atoms with Crippen LogP contribution in [0.3, 0.4) is 0 Å². The number of aromatic nitrogens is 4. The van der Waals surface area contributed by atoms with Crippen LogP contribution in [0, 0.1) is 6.92 Å². The van der Waals surface area contributed by atoms with E-state index in [0.29, 0.717) is 12.4 Å². The van der Waals surface area contributed by atoms with E-state index in [9.17, 15) is 0 Å². The molecule has 2 aromatic heterocycles. The Balaban J connectivity index is 2.30. The van der Waals surface area contributed by atoms with E-state index in [1.165, 1.54) is 11.5 Å². The van der Waals surface area contributed by atoms with Gasteiger partial charge in [-0.2, -0.15) is 5.10 Å². The first kappa shape index (κ1) is 9.60. The Morgan fingerprint density at radius 1 is 1.64 bits per heavy atom. The van der Waals surface area contributed by atoms with E-state index in [1.807, 2.05) is 12.3 Å². The molecule has 2 heterocycles. The van der Waals surface area contributed by atoms with Crippen LogP contribution < -0.4 is 5.73 Å². The summed E-state index contributed by atoms with van der Waals surface area (Å²) in [7, 11) is 0. The summed E-state index contributed by atoms with van der Waals surface area (Å²) in [6.45, 7) is 2.46. The Bertz CT molecular complexity index is 435. The molecule has 5 nitrogen and oxygen atoms in total. The summed E-state index contributed by atoms with van der Waals surface area (Å²) in [6, 6.07) is 0. The average molecular weight is 274 g/mol. The van der Waals surface area contributed by atoms with Crippen molar-refractivity contribution in [3.8, 4) is 0 Å². The van der Waals surface area contributed by atoms with Crippen molar-refractivity contribution < 1.29 is 0 Å². The predicted octanol–water partition coefficient (Wildman–Crippen LogP) is 1.44. The summed E-state index contributed by atoms with van der Waals surface area (Å²) >= 11 is 4.68. The Morgan fingerprint density at radius 2 is 2.43 bits per heavy atom. The van der Waals surface area contributed by atoms with Gasteiger partial charge in [0, 0.05) is 5.38 Å². The Kier molecular flexibility index (Phi) is 2.51. The third-order valence-corrected chi connectivity index (χ3v) is 3.34. The van der Waals surface area contributed by atoms with Crippen LogP contribution in [0.4, 0.5) is 5.82 Å². The molecule has 2 aromatic rings. The summed E-state index contributed by atoms with van der Waals surface area (Å²) in [4.78, 5) is 0. The average Bonchev–Trinajstić information content (AvgIpc) is 2.73. The molecule has 0 aromatic carbocycles. The standard InChI is InChI=1S/C7H8BrN5S/c1-4-6(8)7(9)13(11-4)2-5-3-14-12-10-5/h3H,2,9H2,1H3. The maximum absolute atomic E-state index is 5.83. The molecule has 0 atom stereocenters. The second-order valence-electron chi connectivity index (χ2n) is 2.84. The third kappa shape index (κ3) is 1.64. The largest absolute Gasteiger partial charge is 0.383 e. The molecular formula is C7H8BrN5S. The Morgan fingerprint density at radius 3 is 2.93 bits per heavy atom. The van der Waals surface area contributed by atoms with Gasteiger partial charge in [-0.15, -0.1) is 5.10 Å². The zero-order valence-electron chi connectivity index (χ0n) is 7.44. The normalized spacial score (nSPS) is 10.7. The lowest BCUT2D eigenvalue weighted by Gasteiger charge is -1.99. The van der Waals surface area contributed by atoms with Crippen molar-refractivity contribution in [1.82, 2.24) is 19.4 Å². The molecule has 0 radical (unpaired) electrons. The molecule has 74 valence electrons. The number of aryl methyl sites for hydroxylation is 1. The van der Waals surface area contributed by atoms with E-state index >= 15 is 0 Å². The number of hydrogen-bond acceptors (Lipinski definition) is 5. The lowest BCUT2D eigenvalue weighted by Crippen LogP contribution is -2.06. The SMILES string of the molecule is Cc1nn(Cc2csnn2)c(N)c1Br. The van der Waals surface area contributed by atoms with Crippen molar-refractivity contribution in [2.24, 2.45) is 0 Å². The minimum atomic E-state index is 0.564. The highest BCUT2D eigenvalue weighted by Crippen LogP contribution is 2.23. The fourth-order valence-corrected chi connectivity index (χ4v) is 1.83. The molecule has 2 rings (SSSR count). The van der Waals surface area contributed by atoms with Crippen molar-refractivity contribution in [1.29, 1.82) is 0 Å². The van der Waals surface area contributed by atoms with Crippen LogP contribution in [0.25, 0.3) is 0 Å². The third-order valence-electron chi connectivity index (χ3n) is 1.81. The van der Waals surface area contributed by atoms with Gasteiger partial charge >= 0.3 is 0 Å². The Hall–Kier alpha value is -0.950. The molecule has 0 aliphatic heterocycles. The summed E-state index contributed by atoms with van der Waals surface area (Å²) < 4.78 is 6.33. The maximum atomic E-state index is 5.83. The molecule has 0 aliphatic rings. The minimum Gasteiger partial charge on any atom is -0.383 e. The van der Waals surface area contributed by atoms with E-state index in [-0.39, 0.29) is 0 Å². The van der Waals surface area contributed by atoms with Crippen LogP contribution in [-0.2, 0) is 6.54 Å². The van der Waals surface area contributed by atoms with Crippen LogP contribution in [-0.4, -0.2) is 19.4 Å². The number of halogens is 1. The molecular weight excluding hydrogens is 266 g/mol. The van der Waals surface area contributed by atoms with E-state index in [2.05, 4.69) is 30.6 Å². The lowest BCUT2D eigenvalue weighted by molar-refractivity contribution is 0.673. The van der Waals surface area contributed by atoms with Crippen LogP contribution in [0.1, 0.15) is 11.4 Å². The summed E-state index contributed by atoms with van der Waals surface area (Å²) in [5.74, 6) is 0.621. The summed E-state index contributed by atoms with van der Waals surface area (Å²) in [5, 5.41) is 10.1. The van der Waals surface area contributed by atoms with Crippen LogP contribution in [0.5, 0.6) is 0 Å². The molecule has 0 spiro atoms. The number of nitrogens with two attached hydrogens (primary N) is 1. The Labute approximate surface area is 93.2 Å². The highest BCUT2D eigenvalue weighted by atomic mass is 79.9. The number of hydrogen-bond donors (Lipinski definition) is 1. The van der Waals surface area contributed by atoms with E-state index < -0.39 is 0 Å². The maximum Gasteiger partial charge on any atom is 0.136 e. The topological polar surface area (TPSA) is 69.6 Å². The number of rotatable bonds is 2. The van der Waals surface area contributed by atoms with Crippen molar-refractivity contribution in [2.45, 2.75) is 13.5 Å². The van der Waals surface area contributed by atoms with Crippen LogP contribution in [0.2, 0.25) is 0 Å². The monoisotopic (exact) mass is 273 g/mol. The van der Waals surface area contributed by atoms with Gasteiger partial charge < -0.3 is 5.73 Å². The highest BCUT2D eigenvalue weighted by molar-refractivity contribution is 9.10. The fraction of sp³-hybridized carbons (Fsp3) is 0.286. The molecule has 0 saturated carbocycles. The van der Waals surface area contributed by atoms with Gasteiger partial charge in [0.2, 0.25) is 0 Å². The molecule has 2 N–H and O–H groups in total. The van der Waals surface area contributed by atoms with Gasteiger partial charge in [-0.3, -0.25) is 0 Å². The van der Waals surface area contributed by atoms with Gasteiger partial charge in [0.05, 0.1) is 22.4 Å². The molecule has 0 unspecified atom stereocenters. The molecule has 0 aliphatic carbocycles.